The lowest BCUT2D eigenvalue weighted by Gasteiger charge is -2.30. The molecule has 3 nitrogen and oxygen atoms in total. The van der Waals surface area contributed by atoms with Crippen LogP contribution in [-0.4, -0.2) is 24.7 Å². The molecule has 0 saturated heterocycles. The summed E-state index contributed by atoms with van der Waals surface area (Å²) in [6.07, 6.45) is 3.05. The van der Waals surface area contributed by atoms with Crippen molar-refractivity contribution in [1.29, 1.82) is 0 Å². The van der Waals surface area contributed by atoms with Gasteiger partial charge in [0.1, 0.15) is 11.6 Å². The molecule has 0 spiro atoms. The number of hydrogen-bond donors (Lipinski definition) is 0. The fraction of sp³-hybridized carbons (Fsp3) is 0.632. The second kappa shape index (κ2) is 7.34. The molecule has 0 radical (unpaired) electrons. The second-order valence-electron chi connectivity index (χ2n) is 7.85. The van der Waals surface area contributed by atoms with Crippen LogP contribution >= 0.6 is 0 Å². The Kier molecular flexibility index (Phi) is 5.84. The van der Waals surface area contributed by atoms with Gasteiger partial charge in [-0.2, -0.15) is 0 Å². The Hall–Kier alpha value is -1.23. The number of benzene rings is 1. The average Bonchev–Trinajstić information content (AvgIpc) is 2.48. The highest BCUT2D eigenvalue weighted by molar-refractivity contribution is 7.92. The predicted octanol–water partition coefficient (Wildman–Crippen LogP) is 3.96. The molecule has 1 aromatic rings. The maximum Gasteiger partial charge on any atom is 0.155 e. The van der Waals surface area contributed by atoms with Crippen LogP contribution in [0.5, 0.6) is 0 Å². The lowest BCUT2D eigenvalue weighted by molar-refractivity contribution is -0.123. The Labute approximate surface area is 144 Å². The number of carbonyl (C=O) groups excluding carboxylic acids is 1. The minimum Gasteiger partial charge on any atom is -0.299 e. The fourth-order valence-corrected chi connectivity index (χ4v) is 4.64. The zero-order valence-corrected chi connectivity index (χ0v) is 15.5. The summed E-state index contributed by atoms with van der Waals surface area (Å²) in [5.41, 5.74) is 0.444. The molecule has 1 aliphatic carbocycles. The maximum absolute atomic E-state index is 13.7. The number of carbonyl (C=O) groups is 1. The van der Waals surface area contributed by atoms with E-state index in [1.165, 1.54) is 6.07 Å². The number of ketones is 1. The van der Waals surface area contributed by atoms with E-state index < -0.39 is 14.6 Å². The van der Waals surface area contributed by atoms with Gasteiger partial charge in [0.15, 0.2) is 9.84 Å². The van der Waals surface area contributed by atoms with Crippen LogP contribution in [0.15, 0.2) is 24.3 Å². The monoisotopic (exact) mass is 354 g/mol. The van der Waals surface area contributed by atoms with Crippen LogP contribution in [0.4, 0.5) is 4.39 Å². The van der Waals surface area contributed by atoms with Crippen molar-refractivity contribution in [1.82, 2.24) is 0 Å². The van der Waals surface area contributed by atoms with Crippen LogP contribution in [0.1, 0.15) is 52.0 Å². The summed E-state index contributed by atoms with van der Waals surface area (Å²) in [4.78, 5) is 12.4. The fourth-order valence-electron chi connectivity index (χ4n) is 3.19. The molecule has 1 fully saturated rings. The van der Waals surface area contributed by atoms with E-state index in [0.29, 0.717) is 18.4 Å². The highest BCUT2D eigenvalue weighted by Gasteiger charge is 2.34. The third-order valence-electron chi connectivity index (χ3n) is 5.01. The summed E-state index contributed by atoms with van der Waals surface area (Å²) in [6.45, 7) is 5.18. The van der Waals surface area contributed by atoms with E-state index in [1.807, 2.05) is 0 Å². The number of hydrogen-bond acceptors (Lipinski definition) is 3. The second-order valence-corrected chi connectivity index (χ2v) is 10.6. The molecule has 0 atom stereocenters. The van der Waals surface area contributed by atoms with Crippen molar-refractivity contribution in [3.63, 3.8) is 0 Å². The first-order valence-corrected chi connectivity index (χ1v) is 10.2. The van der Waals surface area contributed by atoms with Crippen LogP contribution in [-0.2, 0) is 21.1 Å². The minimum atomic E-state index is -3.12. The van der Waals surface area contributed by atoms with E-state index in [4.69, 9.17) is 0 Å². The van der Waals surface area contributed by atoms with Crippen LogP contribution in [0, 0.1) is 17.7 Å². The van der Waals surface area contributed by atoms with Crippen molar-refractivity contribution < 1.29 is 17.6 Å². The Balaban J connectivity index is 1.89. The summed E-state index contributed by atoms with van der Waals surface area (Å²) < 4.78 is 37.5. The van der Waals surface area contributed by atoms with Crippen LogP contribution in [0.25, 0.3) is 0 Å². The SMILES string of the molecule is CC(C)(C)S(=O)(=O)CC1CCC(C(=O)Cc2ccccc2F)CC1. The van der Waals surface area contributed by atoms with Gasteiger partial charge in [-0.3, -0.25) is 4.79 Å². The van der Waals surface area contributed by atoms with Gasteiger partial charge in [-0.25, -0.2) is 12.8 Å². The third kappa shape index (κ3) is 4.65. The van der Waals surface area contributed by atoms with Gasteiger partial charge in [0.25, 0.3) is 0 Å². The molecule has 0 aliphatic heterocycles. The molecule has 24 heavy (non-hydrogen) atoms. The quantitative estimate of drug-likeness (QED) is 0.804. The molecule has 0 bridgehead atoms. The molecule has 1 aliphatic rings. The first-order chi connectivity index (χ1) is 11.1. The summed E-state index contributed by atoms with van der Waals surface area (Å²) in [7, 11) is -3.12. The molecule has 0 amide bonds. The molecule has 1 aromatic carbocycles. The zero-order chi connectivity index (χ0) is 18.0. The summed E-state index contributed by atoms with van der Waals surface area (Å²) in [5, 5.41) is 0. The molecule has 0 aromatic heterocycles. The Morgan fingerprint density at radius 1 is 1.12 bits per heavy atom. The molecular formula is C19H27FO3S. The lowest BCUT2D eigenvalue weighted by atomic mass is 9.79. The van der Waals surface area contributed by atoms with E-state index in [0.717, 1.165) is 12.8 Å². The predicted molar refractivity (Wildman–Crippen MR) is 94.1 cm³/mol. The minimum absolute atomic E-state index is 0.0669. The van der Waals surface area contributed by atoms with Gasteiger partial charge in [0.2, 0.25) is 0 Å². The van der Waals surface area contributed by atoms with Crippen LogP contribution in [0.2, 0.25) is 0 Å². The number of rotatable bonds is 5. The van der Waals surface area contributed by atoms with Gasteiger partial charge in [0, 0.05) is 12.3 Å². The molecule has 2 rings (SSSR count). The highest BCUT2D eigenvalue weighted by atomic mass is 32.2. The highest BCUT2D eigenvalue weighted by Crippen LogP contribution is 2.33. The summed E-state index contributed by atoms with van der Waals surface area (Å²) >= 11 is 0. The van der Waals surface area contributed by atoms with Gasteiger partial charge in [-0.15, -0.1) is 0 Å². The van der Waals surface area contributed by atoms with Crippen molar-refractivity contribution in [3.8, 4) is 0 Å². The summed E-state index contributed by atoms with van der Waals surface area (Å²) in [5.74, 6) is -0.0111. The maximum atomic E-state index is 13.7. The van der Waals surface area contributed by atoms with E-state index in [1.54, 1.807) is 39.0 Å². The molecule has 1 saturated carbocycles. The first-order valence-electron chi connectivity index (χ1n) is 8.58. The van der Waals surface area contributed by atoms with Crippen molar-refractivity contribution in [2.45, 2.75) is 57.6 Å². The molecule has 0 heterocycles. The molecule has 5 heteroatoms. The molecule has 0 unspecified atom stereocenters. The Morgan fingerprint density at radius 2 is 1.71 bits per heavy atom. The Morgan fingerprint density at radius 3 is 2.25 bits per heavy atom. The van der Waals surface area contributed by atoms with Crippen molar-refractivity contribution >= 4 is 15.6 Å². The standard InChI is InChI=1S/C19H27FO3S/c1-19(2,3)24(22,23)13-14-8-10-15(11-9-14)18(21)12-16-6-4-5-7-17(16)20/h4-7,14-15H,8-13H2,1-3H3. The number of Topliss-reactive ketones (excluding diaryl/α,β-unsaturated/α-hetero) is 1. The number of halogens is 1. The largest absolute Gasteiger partial charge is 0.299 e. The van der Waals surface area contributed by atoms with Gasteiger partial charge in [-0.1, -0.05) is 18.2 Å². The zero-order valence-electron chi connectivity index (χ0n) is 14.7. The average molecular weight is 354 g/mol. The number of sulfone groups is 1. The Bertz CT molecular complexity index is 681. The van der Waals surface area contributed by atoms with Crippen LogP contribution < -0.4 is 0 Å². The van der Waals surface area contributed by atoms with Crippen molar-refractivity contribution in [3.05, 3.63) is 35.6 Å². The topological polar surface area (TPSA) is 51.2 Å². The van der Waals surface area contributed by atoms with E-state index in [9.17, 15) is 17.6 Å². The lowest BCUT2D eigenvalue weighted by Crippen LogP contribution is -2.35. The van der Waals surface area contributed by atoms with Crippen molar-refractivity contribution in [2.75, 3.05) is 5.75 Å². The van der Waals surface area contributed by atoms with Gasteiger partial charge in [-0.05, 0) is 64.0 Å². The first kappa shape index (κ1) is 19.1. The third-order valence-corrected chi connectivity index (χ3v) is 7.79. The van der Waals surface area contributed by atoms with E-state index >= 15 is 0 Å². The molecule has 134 valence electrons. The normalized spacial score (nSPS) is 22.3. The van der Waals surface area contributed by atoms with Gasteiger partial charge in [0.05, 0.1) is 10.5 Å². The van der Waals surface area contributed by atoms with Gasteiger partial charge >= 0.3 is 0 Å². The molecular weight excluding hydrogens is 327 g/mol. The molecule has 0 N–H and O–H groups in total. The van der Waals surface area contributed by atoms with E-state index in [-0.39, 0.29) is 35.6 Å². The van der Waals surface area contributed by atoms with Crippen LogP contribution in [0.3, 0.4) is 0 Å². The van der Waals surface area contributed by atoms with Gasteiger partial charge < -0.3 is 0 Å². The van der Waals surface area contributed by atoms with Crippen molar-refractivity contribution in [2.24, 2.45) is 11.8 Å². The van der Waals surface area contributed by atoms with E-state index in [2.05, 4.69) is 0 Å². The smallest absolute Gasteiger partial charge is 0.155 e. The summed E-state index contributed by atoms with van der Waals surface area (Å²) in [6, 6.07) is 6.37.